The first-order valence-corrected chi connectivity index (χ1v) is 9.52. The molecule has 0 aliphatic rings. The number of hydrogen-bond acceptors (Lipinski definition) is 4. The molecule has 0 amide bonds. The summed E-state index contributed by atoms with van der Waals surface area (Å²) in [5.41, 5.74) is 4.37. The first kappa shape index (κ1) is 23.9. The number of phenolic OH excluding ortho intramolecular Hbond substituents is 3. The number of hydrogen-bond donors (Lipinski definition) is 3. The SMILES string of the molecule is COc1cc(C)ccc1O.Cc1ccc(C(C)C)cc1O.Cc1ccc(O)cc1. The summed E-state index contributed by atoms with van der Waals surface area (Å²) in [7, 11) is 1.54. The van der Waals surface area contributed by atoms with Crippen LogP contribution in [0.25, 0.3) is 0 Å². The van der Waals surface area contributed by atoms with Crippen molar-refractivity contribution in [2.24, 2.45) is 0 Å². The molecule has 0 heterocycles. The monoisotopic (exact) mass is 396 g/mol. The third-order valence-electron chi connectivity index (χ3n) is 4.27. The summed E-state index contributed by atoms with van der Waals surface area (Å²) in [6.07, 6.45) is 0. The van der Waals surface area contributed by atoms with Crippen LogP contribution in [-0.4, -0.2) is 22.4 Å². The molecule has 4 nitrogen and oxygen atoms in total. The highest BCUT2D eigenvalue weighted by Gasteiger charge is 2.01. The van der Waals surface area contributed by atoms with Gasteiger partial charge in [0, 0.05) is 0 Å². The van der Waals surface area contributed by atoms with E-state index in [2.05, 4.69) is 19.9 Å². The van der Waals surface area contributed by atoms with Crippen LogP contribution in [0.1, 0.15) is 42.0 Å². The van der Waals surface area contributed by atoms with Crippen LogP contribution < -0.4 is 4.74 Å². The van der Waals surface area contributed by atoms with Gasteiger partial charge in [0.05, 0.1) is 7.11 Å². The molecule has 0 aliphatic heterocycles. The third kappa shape index (κ3) is 8.60. The lowest BCUT2D eigenvalue weighted by Gasteiger charge is -2.06. The fourth-order valence-electron chi connectivity index (χ4n) is 2.32. The molecular weight excluding hydrogens is 364 g/mol. The van der Waals surface area contributed by atoms with Crippen molar-refractivity contribution in [1.82, 2.24) is 0 Å². The van der Waals surface area contributed by atoms with E-state index in [0.717, 1.165) is 11.1 Å². The molecule has 0 bridgehead atoms. The van der Waals surface area contributed by atoms with E-state index in [1.807, 2.05) is 51.1 Å². The predicted molar refractivity (Wildman–Crippen MR) is 119 cm³/mol. The second kappa shape index (κ2) is 11.6. The van der Waals surface area contributed by atoms with Gasteiger partial charge in [0.2, 0.25) is 0 Å². The van der Waals surface area contributed by atoms with Crippen LogP contribution in [0.5, 0.6) is 23.0 Å². The van der Waals surface area contributed by atoms with E-state index in [1.54, 1.807) is 24.3 Å². The van der Waals surface area contributed by atoms with E-state index in [9.17, 15) is 5.11 Å². The number of phenols is 3. The topological polar surface area (TPSA) is 69.9 Å². The molecule has 156 valence electrons. The van der Waals surface area contributed by atoms with Gasteiger partial charge in [-0.1, -0.05) is 49.7 Å². The Morgan fingerprint density at radius 1 is 0.690 bits per heavy atom. The molecule has 0 aromatic heterocycles. The molecule has 3 N–H and O–H groups in total. The van der Waals surface area contributed by atoms with Crippen LogP contribution in [0.15, 0.2) is 60.7 Å². The van der Waals surface area contributed by atoms with Crippen molar-refractivity contribution in [3.8, 4) is 23.0 Å². The van der Waals surface area contributed by atoms with Crippen molar-refractivity contribution in [3.63, 3.8) is 0 Å². The third-order valence-corrected chi connectivity index (χ3v) is 4.27. The van der Waals surface area contributed by atoms with Crippen LogP contribution >= 0.6 is 0 Å². The molecule has 0 unspecified atom stereocenters. The standard InChI is InChI=1S/C10H14O.C8H10O2.C7H8O/c1-7(2)9-5-4-8(3)10(11)6-9;1-6-3-4-7(9)8(5-6)10-2;1-6-2-4-7(8)5-3-6/h4-7,11H,1-3H3;3-5,9H,1-2H3;2-5,8H,1H3. The van der Waals surface area contributed by atoms with Crippen molar-refractivity contribution >= 4 is 0 Å². The van der Waals surface area contributed by atoms with Gasteiger partial charge in [0.1, 0.15) is 11.5 Å². The van der Waals surface area contributed by atoms with E-state index in [0.29, 0.717) is 23.2 Å². The maximum Gasteiger partial charge on any atom is 0.160 e. The van der Waals surface area contributed by atoms with Gasteiger partial charge in [-0.3, -0.25) is 0 Å². The van der Waals surface area contributed by atoms with E-state index in [-0.39, 0.29) is 5.75 Å². The molecule has 0 radical (unpaired) electrons. The van der Waals surface area contributed by atoms with Gasteiger partial charge >= 0.3 is 0 Å². The minimum atomic E-state index is 0.188. The molecule has 29 heavy (non-hydrogen) atoms. The summed E-state index contributed by atoms with van der Waals surface area (Å²) < 4.78 is 4.88. The van der Waals surface area contributed by atoms with Crippen molar-refractivity contribution < 1.29 is 20.1 Å². The van der Waals surface area contributed by atoms with Gasteiger partial charge in [-0.15, -0.1) is 0 Å². The maximum absolute atomic E-state index is 9.35. The normalized spacial score (nSPS) is 9.76. The molecule has 4 heteroatoms. The zero-order chi connectivity index (χ0) is 22.0. The lowest BCUT2D eigenvalue weighted by Crippen LogP contribution is -1.86. The Morgan fingerprint density at radius 2 is 1.28 bits per heavy atom. The number of rotatable bonds is 2. The fraction of sp³-hybridized carbons (Fsp3) is 0.280. The van der Waals surface area contributed by atoms with Gasteiger partial charge in [-0.05, 0) is 73.7 Å². The number of ether oxygens (including phenoxy) is 1. The number of aromatic hydroxyl groups is 3. The van der Waals surface area contributed by atoms with Crippen molar-refractivity contribution in [2.45, 2.75) is 40.5 Å². The van der Waals surface area contributed by atoms with Gasteiger partial charge in [-0.2, -0.15) is 0 Å². The smallest absolute Gasteiger partial charge is 0.160 e. The van der Waals surface area contributed by atoms with Crippen LogP contribution in [0.3, 0.4) is 0 Å². The highest BCUT2D eigenvalue weighted by atomic mass is 16.5. The van der Waals surface area contributed by atoms with Gasteiger partial charge in [0.15, 0.2) is 11.5 Å². The summed E-state index contributed by atoms with van der Waals surface area (Å²) in [5.74, 6) is 1.93. The zero-order valence-corrected chi connectivity index (χ0v) is 18.1. The minimum Gasteiger partial charge on any atom is -0.508 e. The lowest BCUT2D eigenvalue weighted by molar-refractivity contribution is 0.373. The Bertz CT molecular complexity index is 863. The first-order chi connectivity index (χ1) is 13.6. The molecule has 3 aromatic rings. The van der Waals surface area contributed by atoms with Gasteiger partial charge < -0.3 is 20.1 Å². The summed E-state index contributed by atoms with van der Waals surface area (Å²) >= 11 is 0. The zero-order valence-electron chi connectivity index (χ0n) is 18.1. The molecular formula is C25H32O4. The highest BCUT2D eigenvalue weighted by molar-refractivity contribution is 5.41. The molecule has 0 aliphatic carbocycles. The first-order valence-electron chi connectivity index (χ1n) is 9.52. The maximum atomic E-state index is 9.35. The Hall–Kier alpha value is -3.14. The number of benzene rings is 3. The molecule has 0 saturated carbocycles. The predicted octanol–water partition coefficient (Wildman–Crippen LogP) is 6.23. The van der Waals surface area contributed by atoms with E-state index < -0.39 is 0 Å². The summed E-state index contributed by atoms with van der Waals surface area (Å²) in [4.78, 5) is 0. The lowest BCUT2D eigenvalue weighted by atomic mass is 10.0. The summed E-state index contributed by atoms with van der Waals surface area (Å²) in [6, 6.07) is 18.2. The fourth-order valence-corrected chi connectivity index (χ4v) is 2.32. The van der Waals surface area contributed by atoms with E-state index in [1.165, 1.54) is 18.2 Å². The largest absolute Gasteiger partial charge is 0.508 e. The van der Waals surface area contributed by atoms with Crippen LogP contribution in [0.2, 0.25) is 0 Å². The van der Waals surface area contributed by atoms with Crippen LogP contribution in [0.4, 0.5) is 0 Å². The van der Waals surface area contributed by atoms with Crippen molar-refractivity contribution in [3.05, 3.63) is 82.9 Å². The molecule has 0 saturated heterocycles. The van der Waals surface area contributed by atoms with Gasteiger partial charge in [0.25, 0.3) is 0 Å². The van der Waals surface area contributed by atoms with Crippen LogP contribution in [-0.2, 0) is 0 Å². The quantitative estimate of drug-likeness (QED) is 0.480. The second-order valence-corrected chi connectivity index (χ2v) is 7.21. The van der Waals surface area contributed by atoms with E-state index >= 15 is 0 Å². The Morgan fingerprint density at radius 3 is 1.72 bits per heavy atom. The van der Waals surface area contributed by atoms with Crippen LogP contribution in [0, 0.1) is 20.8 Å². The molecule has 0 fully saturated rings. The van der Waals surface area contributed by atoms with Gasteiger partial charge in [-0.25, -0.2) is 0 Å². The Balaban J connectivity index is 0.000000220. The van der Waals surface area contributed by atoms with Crippen molar-refractivity contribution in [1.29, 1.82) is 0 Å². The second-order valence-electron chi connectivity index (χ2n) is 7.21. The summed E-state index contributed by atoms with van der Waals surface area (Å²) in [5, 5.41) is 27.2. The average Bonchev–Trinajstić information content (AvgIpc) is 2.69. The molecule has 0 atom stereocenters. The molecule has 0 spiro atoms. The Labute approximate surface area is 174 Å². The molecule has 3 aromatic carbocycles. The highest BCUT2D eigenvalue weighted by Crippen LogP contribution is 2.25. The average molecular weight is 397 g/mol. The number of aryl methyl sites for hydroxylation is 3. The van der Waals surface area contributed by atoms with Crippen molar-refractivity contribution in [2.75, 3.05) is 7.11 Å². The Kier molecular flexibility index (Phi) is 9.60. The van der Waals surface area contributed by atoms with E-state index in [4.69, 9.17) is 14.9 Å². The number of methoxy groups -OCH3 is 1. The minimum absolute atomic E-state index is 0.188. The molecule has 3 rings (SSSR count). The summed E-state index contributed by atoms with van der Waals surface area (Å²) in [6.45, 7) is 10.1.